The number of aromatic nitrogens is 3. The maximum absolute atomic E-state index is 14.7. The van der Waals surface area contributed by atoms with Crippen LogP contribution in [0, 0.1) is 5.82 Å². The van der Waals surface area contributed by atoms with Gasteiger partial charge in [-0.2, -0.15) is 10.2 Å². The number of nitrogens with one attached hydrogen (secondary N) is 2. The smallest absolute Gasteiger partial charge is 0.252 e. The van der Waals surface area contributed by atoms with Crippen LogP contribution in [0.15, 0.2) is 48.7 Å². The number of hydrogen-bond donors (Lipinski definition) is 4. The molecule has 160 valence electrons. The van der Waals surface area contributed by atoms with E-state index in [1.807, 2.05) is 30.3 Å². The van der Waals surface area contributed by atoms with Gasteiger partial charge in [0.2, 0.25) is 0 Å². The average Bonchev–Trinajstić information content (AvgIpc) is 2.78. The summed E-state index contributed by atoms with van der Waals surface area (Å²) in [5, 5.41) is 14.3. The van der Waals surface area contributed by atoms with E-state index in [0.717, 1.165) is 37.3 Å². The Balaban J connectivity index is 1.64. The van der Waals surface area contributed by atoms with E-state index in [-0.39, 0.29) is 29.3 Å². The molecule has 31 heavy (non-hydrogen) atoms. The maximum atomic E-state index is 14.7. The summed E-state index contributed by atoms with van der Waals surface area (Å²) < 4.78 is 14.7. The fourth-order valence-electron chi connectivity index (χ4n) is 3.71. The molecular weight excluding hydrogens is 397 g/mol. The van der Waals surface area contributed by atoms with Gasteiger partial charge in [-0.1, -0.05) is 43.2 Å². The zero-order valence-electron chi connectivity index (χ0n) is 16.9. The number of halogens is 1. The van der Waals surface area contributed by atoms with Gasteiger partial charge in [0, 0.05) is 17.6 Å². The normalized spacial score (nSPS) is 18.4. The Bertz CT molecular complexity index is 1080. The highest BCUT2D eigenvalue weighted by molar-refractivity contribution is 5.98. The van der Waals surface area contributed by atoms with Crippen LogP contribution in [0.4, 0.5) is 21.7 Å². The molecule has 1 amide bonds. The number of nitrogens with zero attached hydrogens (tertiary/aromatic N) is 3. The van der Waals surface area contributed by atoms with Crippen LogP contribution in [0.5, 0.6) is 0 Å². The molecule has 1 aliphatic rings. The second-order valence-corrected chi connectivity index (χ2v) is 7.60. The minimum atomic E-state index is -0.792. The summed E-state index contributed by atoms with van der Waals surface area (Å²) in [6, 6.07) is 12.2. The first kappa shape index (κ1) is 20.7. The predicted molar refractivity (Wildman–Crippen MR) is 117 cm³/mol. The third-order valence-electron chi connectivity index (χ3n) is 5.37. The first-order valence-electron chi connectivity index (χ1n) is 10.2. The number of rotatable bonds is 6. The molecule has 0 spiro atoms. The zero-order valence-corrected chi connectivity index (χ0v) is 16.9. The maximum Gasteiger partial charge on any atom is 0.252 e. The highest BCUT2D eigenvalue weighted by Crippen LogP contribution is 2.27. The van der Waals surface area contributed by atoms with Gasteiger partial charge >= 0.3 is 0 Å². The molecule has 1 saturated carbocycles. The highest BCUT2D eigenvalue weighted by atomic mass is 19.1. The largest absolute Gasteiger partial charge is 0.365 e. The van der Waals surface area contributed by atoms with Crippen molar-refractivity contribution in [2.24, 2.45) is 11.5 Å². The summed E-state index contributed by atoms with van der Waals surface area (Å²) in [5.74, 6) is -1.29. The number of nitrogens with two attached hydrogens (primary N) is 2. The molecule has 1 aromatic carbocycles. The van der Waals surface area contributed by atoms with E-state index < -0.39 is 11.7 Å². The Morgan fingerprint density at radius 1 is 1.10 bits per heavy atom. The standard InChI is InChI=1S/C22H24FN7O/c23-16-11-15(20(25)31)21(29-22(16)28-18-9-5-4-8-17(18)24)27-14-10-19(30-26-12-14)13-6-2-1-3-7-13/h1-3,6-7,10-12,17-18H,4-5,8-9,24H2,(H2,25,31)(H2,27,28,29,30)/t17-,18+/m0/s1. The SMILES string of the molecule is NC(=O)c1cc(F)c(N[C@@H]2CCCC[C@@H]2N)nc1Nc1cnnc(-c2ccccc2)c1. The number of hydrogen-bond acceptors (Lipinski definition) is 7. The fourth-order valence-corrected chi connectivity index (χ4v) is 3.71. The van der Waals surface area contributed by atoms with Crippen molar-refractivity contribution in [2.45, 2.75) is 37.8 Å². The lowest BCUT2D eigenvalue weighted by Gasteiger charge is -2.30. The topological polar surface area (TPSA) is 132 Å². The number of carbonyl (C=O) groups excluding carboxylic acids is 1. The van der Waals surface area contributed by atoms with E-state index >= 15 is 0 Å². The van der Waals surface area contributed by atoms with Crippen molar-refractivity contribution in [2.75, 3.05) is 10.6 Å². The van der Waals surface area contributed by atoms with Crippen molar-refractivity contribution in [3.05, 3.63) is 60.0 Å². The third kappa shape index (κ3) is 4.77. The van der Waals surface area contributed by atoms with Gasteiger partial charge < -0.3 is 22.1 Å². The fraction of sp³-hybridized carbons (Fsp3) is 0.273. The minimum Gasteiger partial charge on any atom is -0.365 e. The van der Waals surface area contributed by atoms with Crippen LogP contribution in [0.1, 0.15) is 36.0 Å². The predicted octanol–water partition coefficient (Wildman–Crippen LogP) is 3.20. The van der Waals surface area contributed by atoms with Crippen molar-refractivity contribution < 1.29 is 9.18 Å². The molecule has 8 nitrogen and oxygen atoms in total. The molecule has 0 unspecified atom stereocenters. The first-order chi connectivity index (χ1) is 15.0. The van der Waals surface area contributed by atoms with Gasteiger partial charge in [0.15, 0.2) is 11.6 Å². The van der Waals surface area contributed by atoms with Crippen LogP contribution in [0.3, 0.4) is 0 Å². The second kappa shape index (κ2) is 9.05. The molecule has 9 heteroatoms. The number of primary amides is 1. The molecule has 4 rings (SSSR count). The Kier molecular flexibility index (Phi) is 6.03. The molecule has 2 aromatic heterocycles. The Labute approximate surface area is 179 Å². The lowest BCUT2D eigenvalue weighted by atomic mass is 9.91. The van der Waals surface area contributed by atoms with Gasteiger partial charge in [0.25, 0.3) is 5.91 Å². The summed E-state index contributed by atoms with van der Waals surface area (Å²) >= 11 is 0. The number of anilines is 3. The first-order valence-corrected chi connectivity index (χ1v) is 10.2. The van der Waals surface area contributed by atoms with E-state index in [2.05, 4.69) is 25.8 Å². The van der Waals surface area contributed by atoms with Crippen LogP contribution in [0.2, 0.25) is 0 Å². The highest BCUT2D eigenvalue weighted by Gasteiger charge is 2.24. The van der Waals surface area contributed by atoms with E-state index in [4.69, 9.17) is 11.5 Å². The third-order valence-corrected chi connectivity index (χ3v) is 5.37. The van der Waals surface area contributed by atoms with Gasteiger partial charge in [-0.25, -0.2) is 9.37 Å². The number of benzene rings is 1. The van der Waals surface area contributed by atoms with Crippen LogP contribution < -0.4 is 22.1 Å². The number of pyridine rings is 1. The molecule has 0 saturated heterocycles. The summed E-state index contributed by atoms with van der Waals surface area (Å²) in [6.45, 7) is 0. The molecular formula is C22H24FN7O. The van der Waals surface area contributed by atoms with E-state index in [9.17, 15) is 9.18 Å². The molecule has 2 atom stereocenters. The summed E-state index contributed by atoms with van der Waals surface area (Å²) in [7, 11) is 0. The van der Waals surface area contributed by atoms with Crippen LogP contribution in [-0.2, 0) is 0 Å². The Hall–Kier alpha value is -3.59. The van der Waals surface area contributed by atoms with E-state index in [1.54, 1.807) is 6.07 Å². The van der Waals surface area contributed by atoms with Crippen molar-refractivity contribution in [1.29, 1.82) is 0 Å². The van der Waals surface area contributed by atoms with Gasteiger partial charge in [-0.05, 0) is 25.0 Å². The summed E-state index contributed by atoms with van der Waals surface area (Å²) in [5.41, 5.74) is 13.6. The van der Waals surface area contributed by atoms with Gasteiger partial charge in [-0.3, -0.25) is 4.79 Å². The van der Waals surface area contributed by atoms with Crippen molar-refractivity contribution in [3.63, 3.8) is 0 Å². The van der Waals surface area contributed by atoms with E-state index in [1.165, 1.54) is 6.20 Å². The number of amides is 1. The molecule has 0 aliphatic heterocycles. The second-order valence-electron chi connectivity index (χ2n) is 7.60. The van der Waals surface area contributed by atoms with Crippen LogP contribution >= 0.6 is 0 Å². The van der Waals surface area contributed by atoms with Gasteiger partial charge in [0.1, 0.15) is 5.82 Å². The quantitative estimate of drug-likeness (QED) is 0.480. The Morgan fingerprint density at radius 2 is 1.87 bits per heavy atom. The zero-order chi connectivity index (χ0) is 21.8. The van der Waals surface area contributed by atoms with Gasteiger partial charge in [-0.15, -0.1) is 0 Å². The summed E-state index contributed by atoms with van der Waals surface area (Å²) in [4.78, 5) is 16.2. The van der Waals surface area contributed by atoms with Crippen molar-refractivity contribution in [1.82, 2.24) is 15.2 Å². The monoisotopic (exact) mass is 421 g/mol. The van der Waals surface area contributed by atoms with Crippen molar-refractivity contribution in [3.8, 4) is 11.3 Å². The average molecular weight is 421 g/mol. The molecule has 0 radical (unpaired) electrons. The van der Waals surface area contributed by atoms with Crippen LogP contribution in [0.25, 0.3) is 11.3 Å². The molecule has 2 heterocycles. The number of carbonyl (C=O) groups is 1. The minimum absolute atomic E-state index is 0.0279. The summed E-state index contributed by atoms with van der Waals surface area (Å²) in [6.07, 6.45) is 5.27. The molecule has 6 N–H and O–H groups in total. The Morgan fingerprint density at radius 3 is 2.61 bits per heavy atom. The molecule has 0 bridgehead atoms. The van der Waals surface area contributed by atoms with Crippen molar-refractivity contribution >= 4 is 23.2 Å². The molecule has 1 fully saturated rings. The lowest BCUT2D eigenvalue weighted by molar-refractivity contribution is 0.100. The van der Waals surface area contributed by atoms with Crippen LogP contribution in [-0.4, -0.2) is 33.2 Å². The lowest BCUT2D eigenvalue weighted by Crippen LogP contribution is -2.43. The van der Waals surface area contributed by atoms with Gasteiger partial charge in [0.05, 0.1) is 23.1 Å². The molecule has 1 aliphatic carbocycles. The van der Waals surface area contributed by atoms with E-state index in [0.29, 0.717) is 11.4 Å². The molecule has 3 aromatic rings.